The predicted molar refractivity (Wildman–Crippen MR) is 87.5 cm³/mol. The number of hydrogen-bond acceptors (Lipinski definition) is 3. The highest BCUT2D eigenvalue weighted by molar-refractivity contribution is 5.97. The maximum atomic E-state index is 12.5. The Morgan fingerprint density at radius 3 is 2.78 bits per heavy atom. The molecule has 23 heavy (non-hydrogen) atoms. The second-order valence-corrected chi connectivity index (χ2v) is 6.15. The summed E-state index contributed by atoms with van der Waals surface area (Å²) in [4.78, 5) is 23.8. The van der Waals surface area contributed by atoms with Crippen LogP contribution in [0.25, 0.3) is 0 Å². The van der Waals surface area contributed by atoms with Crippen LogP contribution in [0.15, 0.2) is 18.9 Å². The first-order chi connectivity index (χ1) is 11.0. The summed E-state index contributed by atoms with van der Waals surface area (Å²) in [5.74, 6) is -1.01. The molecule has 1 aliphatic rings. The Kier molecular flexibility index (Phi) is 5.58. The second kappa shape index (κ2) is 7.44. The molecule has 6 heteroatoms. The van der Waals surface area contributed by atoms with Crippen LogP contribution in [0.1, 0.15) is 74.0 Å². The number of nitrogens with one attached hydrogen (secondary N) is 1. The first-order valence-corrected chi connectivity index (χ1v) is 8.21. The van der Waals surface area contributed by atoms with Gasteiger partial charge in [-0.1, -0.05) is 13.0 Å². The zero-order chi connectivity index (χ0) is 17.0. The van der Waals surface area contributed by atoms with Crippen LogP contribution in [-0.2, 0) is 4.79 Å². The van der Waals surface area contributed by atoms with Crippen molar-refractivity contribution in [2.24, 2.45) is 0 Å². The number of amides is 1. The molecule has 1 saturated carbocycles. The van der Waals surface area contributed by atoms with Crippen molar-refractivity contribution >= 4 is 11.9 Å². The van der Waals surface area contributed by atoms with Crippen LogP contribution in [0.4, 0.5) is 0 Å². The number of aromatic nitrogens is 2. The number of carboxylic acids is 1. The van der Waals surface area contributed by atoms with E-state index in [0.29, 0.717) is 24.3 Å². The van der Waals surface area contributed by atoms with Gasteiger partial charge in [0.1, 0.15) is 6.04 Å². The summed E-state index contributed by atoms with van der Waals surface area (Å²) >= 11 is 0. The Morgan fingerprint density at radius 1 is 1.57 bits per heavy atom. The van der Waals surface area contributed by atoms with Gasteiger partial charge < -0.3 is 10.4 Å². The number of nitrogens with zero attached hydrogens (tertiary/aromatic N) is 2. The normalized spacial score (nSPS) is 16.6. The Morgan fingerprint density at radius 2 is 2.26 bits per heavy atom. The Balaban J connectivity index is 2.20. The van der Waals surface area contributed by atoms with Gasteiger partial charge in [0.2, 0.25) is 0 Å². The van der Waals surface area contributed by atoms with Crippen LogP contribution in [0.5, 0.6) is 0 Å². The van der Waals surface area contributed by atoms with Crippen LogP contribution in [0.3, 0.4) is 0 Å². The van der Waals surface area contributed by atoms with Gasteiger partial charge in [-0.2, -0.15) is 5.10 Å². The minimum Gasteiger partial charge on any atom is -0.480 e. The molecule has 2 rings (SSSR count). The first-order valence-electron chi connectivity index (χ1n) is 8.21. The average Bonchev–Trinajstić information content (AvgIpc) is 3.28. The lowest BCUT2D eigenvalue weighted by Crippen LogP contribution is -2.40. The van der Waals surface area contributed by atoms with E-state index in [0.717, 1.165) is 25.0 Å². The van der Waals surface area contributed by atoms with Crippen LogP contribution in [-0.4, -0.2) is 32.8 Å². The van der Waals surface area contributed by atoms with E-state index in [2.05, 4.69) is 30.8 Å². The number of allylic oxidation sites excluding steroid dienone is 1. The topological polar surface area (TPSA) is 84.2 Å². The van der Waals surface area contributed by atoms with Crippen molar-refractivity contribution in [2.45, 2.75) is 64.0 Å². The molecule has 0 radical (unpaired) electrons. The van der Waals surface area contributed by atoms with E-state index >= 15 is 0 Å². The van der Waals surface area contributed by atoms with Crippen LogP contribution in [0.2, 0.25) is 0 Å². The summed E-state index contributed by atoms with van der Waals surface area (Å²) in [6.45, 7) is 7.74. The molecular weight excluding hydrogens is 294 g/mol. The predicted octanol–water partition coefficient (Wildman–Crippen LogP) is 2.88. The van der Waals surface area contributed by atoms with Gasteiger partial charge in [0, 0.05) is 12.0 Å². The molecule has 1 heterocycles. The minimum atomic E-state index is -1.03. The number of hydrogen-bond donors (Lipinski definition) is 2. The Hall–Kier alpha value is -2.11. The highest BCUT2D eigenvalue weighted by atomic mass is 16.4. The van der Waals surface area contributed by atoms with Crippen molar-refractivity contribution in [3.05, 3.63) is 30.1 Å². The molecule has 1 aromatic rings. The summed E-state index contributed by atoms with van der Waals surface area (Å²) in [7, 11) is 0. The number of aliphatic carboxylic acids is 1. The Labute approximate surface area is 136 Å². The van der Waals surface area contributed by atoms with Gasteiger partial charge in [-0.05, 0) is 39.0 Å². The van der Waals surface area contributed by atoms with Crippen LogP contribution in [0, 0.1) is 0 Å². The maximum Gasteiger partial charge on any atom is 0.326 e. The van der Waals surface area contributed by atoms with Gasteiger partial charge in [-0.3, -0.25) is 9.48 Å². The zero-order valence-electron chi connectivity index (χ0n) is 13.8. The maximum absolute atomic E-state index is 12.5. The fourth-order valence-electron chi connectivity index (χ4n) is 2.61. The molecule has 2 unspecified atom stereocenters. The van der Waals surface area contributed by atoms with E-state index in [-0.39, 0.29) is 11.9 Å². The van der Waals surface area contributed by atoms with Gasteiger partial charge in [0.05, 0.1) is 17.5 Å². The molecule has 0 aliphatic heterocycles. The van der Waals surface area contributed by atoms with Crippen LogP contribution < -0.4 is 5.32 Å². The van der Waals surface area contributed by atoms with E-state index in [9.17, 15) is 14.7 Å². The summed E-state index contributed by atoms with van der Waals surface area (Å²) in [6.07, 6.45) is 7.14. The highest BCUT2D eigenvalue weighted by Crippen LogP contribution is 2.42. The van der Waals surface area contributed by atoms with E-state index in [1.54, 1.807) is 12.3 Å². The molecule has 2 atom stereocenters. The molecule has 0 bridgehead atoms. The number of carbonyl (C=O) groups is 2. The first kappa shape index (κ1) is 17.2. The fourth-order valence-corrected chi connectivity index (χ4v) is 2.61. The van der Waals surface area contributed by atoms with Gasteiger partial charge in [-0.25, -0.2) is 4.79 Å². The lowest BCUT2D eigenvalue weighted by atomic mass is 10.1. The summed E-state index contributed by atoms with van der Waals surface area (Å²) in [6, 6.07) is -0.678. The molecule has 6 nitrogen and oxygen atoms in total. The highest BCUT2D eigenvalue weighted by Gasteiger charge is 2.34. The van der Waals surface area contributed by atoms with E-state index in [1.165, 1.54) is 0 Å². The van der Waals surface area contributed by atoms with Gasteiger partial charge in [-0.15, -0.1) is 6.58 Å². The smallest absolute Gasteiger partial charge is 0.326 e. The van der Waals surface area contributed by atoms with E-state index in [4.69, 9.17) is 0 Å². The number of carbonyl (C=O) groups excluding carboxylic acids is 1. The van der Waals surface area contributed by atoms with Crippen molar-refractivity contribution in [2.75, 3.05) is 0 Å². The van der Waals surface area contributed by atoms with Crippen molar-refractivity contribution in [1.29, 1.82) is 0 Å². The van der Waals surface area contributed by atoms with E-state index < -0.39 is 12.0 Å². The quantitative estimate of drug-likeness (QED) is 0.685. The molecule has 0 saturated heterocycles. The van der Waals surface area contributed by atoms with Crippen molar-refractivity contribution in [3.8, 4) is 0 Å². The lowest BCUT2D eigenvalue weighted by molar-refractivity contribution is -0.139. The third kappa shape index (κ3) is 4.00. The van der Waals surface area contributed by atoms with Crippen LogP contribution >= 0.6 is 0 Å². The van der Waals surface area contributed by atoms with Gasteiger partial charge >= 0.3 is 5.97 Å². The summed E-state index contributed by atoms with van der Waals surface area (Å²) < 4.78 is 1.92. The molecule has 1 amide bonds. The third-order valence-electron chi connectivity index (χ3n) is 4.31. The van der Waals surface area contributed by atoms with Gasteiger partial charge in [0.15, 0.2) is 0 Å². The minimum absolute atomic E-state index is 0.225. The van der Waals surface area contributed by atoms with Crippen molar-refractivity contribution < 1.29 is 14.7 Å². The summed E-state index contributed by atoms with van der Waals surface area (Å²) in [5, 5.41) is 16.2. The van der Waals surface area contributed by atoms with E-state index in [1.807, 2.05) is 4.68 Å². The molecule has 0 aromatic carbocycles. The monoisotopic (exact) mass is 319 g/mol. The lowest BCUT2D eigenvalue weighted by Gasteiger charge is -2.16. The van der Waals surface area contributed by atoms with Gasteiger partial charge in [0.25, 0.3) is 5.91 Å². The van der Waals surface area contributed by atoms with Crippen molar-refractivity contribution in [3.63, 3.8) is 0 Å². The molecule has 1 aromatic heterocycles. The molecule has 126 valence electrons. The second-order valence-electron chi connectivity index (χ2n) is 6.15. The molecule has 0 spiro atoms. The average molecular weight is 319 g/mol. The number of carboxylic acid groups (broad SMARTS) is 1. The summed E-state index contributed by atoms with van der Waals surface area (Å²) in [5.41, 5.74) is 1.46. The molecule has 1 fully saturated rings. The fraction of sp³-hybridized carbons (Fsp3) is 0.588. The molecular formula is C17H25N3O3. The molecule has 1 aliphatic carbocycles. The largest absolute Gasteiger partial charge is 0.480 e. The standard InChI is InChI=1S/C17H25N3O3/c1-4-6-7-14(17(22)23)19-16(21)13-10-18-20(11(3)5-2)15(13)12-8-9-12/h4,10-12,14H,1,5-9H2,2-3H3,(H,19,21)(H,22,23). The number of rotatable bonds is 9. The molecule has 2 N–H and O–H groups in total. The zero-order valence-corrected chi connectivity index (χ0v) is 13.8. The third-order valence-corrected chi connectivity index (χ3v) is 4.31. The SMILES string of the molecule is C=CCCC(NC(=O)c1cnn(C(C)CC)c1C1CC1)C(=O)O. The Bertz CT molecular complexity index is 590. The van der Waals surface area contributed by atoms with Crippen molar-refractivity contribution in [1.82, 2.24) is 15.1 Å².